The monoisotopic (exact) mass is 310 g/mol. The molecule has 0 aliphatic carbocycles. The lowest BCUT2D eigenvalue weighted by molar-refractivity contribution is 0.0942. The van der Waals surface area contributed by atoms with Gasteiger partial charge in [0.05, 0.1) is 0 Å². The van der Waals surface area contributed by atoms with Gasteiger partial charge < -0.3 is 9.84 Å². The molecule has 3 rings (SSSR count). The molecule has 5 heteroatoms. The second-order valence-electron chi connectivity index (χ2n) is 5.21. The molecule has 0 unspecified atom stereocenters. The summed E-state index contributed by atoms with van der Waals surface area (Å²) in [7, 11) is 0. The Morgan fingerprint density at radius 1 is 1.17 bits per heavy atom. The molecule has 0 aliphatic heterocycles. The molecule has 0 radical (unpaired) electrons. The van der Waals surface area contributed by atoms with Crippen LogP contribution in [0.4, 0.5) is 4.39 Å². The van der Waals surface area contributed by atoms with E-state index in [9.17, 15) is 9.18 Å². The SMILES string of the molecule is Cc1cc(CNC(=O)c2cc(-c3ccccc3)on2)ccc1F. The number of halogens is 1. The highest BCUT2D eigenvalue weighted by Gasteiger charge is 2.13. The van der Waals surface area contributed by atoms with E-state index < -0.39 is 0 Å². The molecule has 4 nitrogen and oxygen atoms in total. The van der Waals surface area contributed by atoms with Gasteiger partial charge in [-0.15, -0.1) is 0 Å². The zero-order valence-electron chi connectivity index (χ0n) is 12.5. The summed E-state index contributed by atoms with van der Waals surface area (Å²) in [5, 5.41) is 6.53. The number of hydrogen-bond acceptors (Lipinski definition) is 3. The standard InChI is InChI=1S/C18H15FN2O2/c1-12-9-13(7-8-15(12)19)11-20-18(22)16-10-17(23-21-16)14-5-3-2-4-6-14/h2-10H,11H2,1H3,(H,20,22). The van der Waals surface area contributed by atoms with Crippen molar-refractivity contribution < 1.29 is 13.7 Å². The first kappa shape index (κ1) is 15.0. The Bertz CT molecular complexity index is 828. The van der Waals surface area contributed by atoms with E-state index in [1.165, 1.54) is 6.07 Å². The lowest BCUT2D eigenvalue weighted by Gasteiger charge is -2.04. The number of carbonyl (C=O) groups excluding carboxylic acids is 1. The van der Waals surface area contributed by atoms with E-state index >= 15 is 0 Å². The fraction of sp³-hybridized carbons (Fsp3) is 0.111. The summed E-state index contributed by atoms with van der Waals surface area (Å²) in [6.07, 6.45) is 0. The Kier molecular flexibility index (Phi) is 4.19. The van der Waals surface area contributed by atoms with E-state index in [1.54, 1.807) is 25.1 Å². The third-order valence-electron chi connectivity index (χ3n) is 3.48. The number of benzene rings is 2. The number of hydrogen-bond donors (Lipinski definition) is 1. The Labute approximate surface area is 132 Å². The maximum Gasteiger partial charge on any atom is 0.273 e. The Morgan fingerprint density at radius 3 is 2.70 bits per heavy atom. The van der Waals surface area contributed by atoms with E-state index in [0.717, 1.165) is 11.1 Å². The minimum Gasteiger partial charge on any atom is -0.355 e. The number of carbonyl (C=O) groups is 1. The van der Waals surface area contributed by atoms with Crippen molar-refractivity contribution in [2.75, 3.05) is 0 Å². The summed E-state index contributed by atoms with van der Waals surface area (Å²) in [4.78, 5) is 12.1. The lowest BCUT2D eigenvalue weighted by Crippen LogP contribution is -2.23. The van der Waals surface area contributed by atoms with Gasteiger partial charge in [0.1, 0.15) is 5.82 Å². The van der Waals surface area contributed by atoms with Crippen LogP contribution in [-0.2, 0) is 6.54 Å². The number of rotatable bonds is 4. The van der Waals surface area contributed by atoms with Crippen LogP contribution in [-0.4, -0.2) is 11.1 Å². The quantitative estimate of drug-likeness (QED) is 0.799. The van der Waals surface area contributed by atoms with Crippen LogP contribution in [0.5, 0.6) is 0 Å². The van der Waals surface area contributed by atoms with Crippen molar-refractivity contribution in [1.82, 2.24) is 10.5 Å². The summed E-state index contributed by atoms with van der Waals surface area (Å²) in [5.41, 5.74) is 2.43. The fourth-order valence-electron chi connectivity index (χ4n) is 2.21. The maximum atomic E-state index is 13.2. The van der Waals surface area contributed by atoms with E-state index in [4.69, 9.17) is 4.52 Å². The highest BCUT2D eigenvalue weighted by Crippen LogP contribution is 2.19. The molecule has 3 aromatic rings. The van der Waals surface area contributed by atoms with Gasteiger partial charge in [0.15, 0.2) is 11.5 Å². The van der Waals surface area contributed by atoms with Crippen molar-refractivity contribution in [2.45, 2.75) is 13.5 Å². The van der Waals surface area contributed by atoms with Crippen molar-refractivity contribution in [3.63, 3.8) is 0 Å². The van der Waals surface area contributed by atoms with Crippen molar-refractivity contribution in [3.8, 4) is 11.3 Å². The van der Waals surface area contributed by atoms with Crippen molar-refractivity contribution >= 4 is 5.91 Å². The predicted molar refractivity (Wildman–Crippen MR) is 84.2 cm³/mol. The molecule has 1 N–H and O–H groups in total. The number of aromatic nitrogens is 1. The normalized spacial score (nSPS) is 10.5. The van der Waals surface area contributed by atoms with Crippen LogP contribution in [0, 0.1) is 12.7 Å². The Morgan fingerprint density at radius 2 is 1.96 bits per heavy atom. The Balaban J connectivity index is 1.67. The number of aryl methyl sites for hydroxylation is 1. The summed E-state index contributed by atoms with van der Waals surface area (Å²) >= 11 is 0. The minimum absolute atomic E-state index is 0.211. The topological polar surface area (TPSA) is 55.1 Å². The van der Waals surface area contributed by atoms with Crippen molar-refractivity contribution in [2.24, 2.45) is 0 Å². The second-order valence-corrected chi connectivity index (χ2v) is 5.21. The van der Waals surface area contributed by atoms with Gasteiger partial charge in [-0.05, 0) is 24.1 Å². The summed E-state index contributed by atoms with van der Waals surface area (Å²) in [6.45, 7) is 1.98. The van der Waals surface area contributed by atoms with Gasteiger partial charge in [-0.3, -0.25) is 4.79 Å². The third kappa shape index (κ3) is 3.45. The van der Waals surface area contributed by atoms with E-state index in [1.807, 2.05) is 30.3 Å². The molecule has 0 fully saturated rings. The van der Waals surface area contributed by atoms with Crippen LogP contribution in [0.25, 0.3) is 11.3 Å². The van der Waals surface area contributed by atoms with Gasteiger partial charge in [0.2, 0.25) is 0 Å². The molecule has 116 valence electrons. The maximum absolute atomic E-state index is 13.2. The van der Waals surface area contributed by atoms with Crippen LogP contribution in [0.1, 0.15) is 21.6 Å². The smallest absolute Gasteiger partial charge is 0.273 e. The van der Waals surface area contributed by atoms with Gasteiger partial charge in [-0.25, -0.2) is 4.39 Å². The molecule has 0 saturated carbocycles. The van der Waals surface area contributed by atoms with Gasteiger partial charge in [0.25, 0.3) is 5.91 Å². The van der Waals surface area contributed by atoms with Gasteiger partial charge in [0, 0.05) is 18.2 Å². The molecule has 0 saturated heterocycles. The molecular formula is C18H15FN2O2. The molecule has 0 bridgehead atoms. The molecule has 0 spiro atoms. The van der Waals surface area contributed by atoms with Gasteiger partial charge in [-0.2, -0.15) is 0 Å². The van der Waals surface area contributed by atoms with E-state index in [-0.39, 0.29) is 17.4 Å². The molecule has 1 aromatic heterocycles. The fourth-order valence-corrected chi connectivity index (χ4v) is 2.21. The average molecular weight is 310 g/mol. The lowest BCUT2D eigenvalue weighted by atomic mass is 10.1. The number of nitrogens with one attached hydrogen (secondary N) is 1. The van der Waals surface area contributed by atoms with Gasteiger partial charge in [-0.1, -0.05) is 47.6 Å². The van der Waals surface area contributed by atoms with Gasteiger partial charge >= 0.3 is 0 Å². The zero-order chi connectivity index (χ0) is 16.2. The molecule has 0 atom stereocenters. The van der Waals surface area contributed by atoms with Crippen molar-refractivity contribution in [3.05, 3.63) is 77.2 Å². The minimum atomic E-state index is -0.335. The first-order valence-electron chi connectivity index (χ1n) is 7.19. The summed E-state index contributed by atoms with van der Waals surface area (Å²) in [6, 6.07) is 15.8. The number of amides is 1. The van der Waals surface area contributed by atoms with Crippen LogP contribution in [0.3, 0.4) is 0 Å². The molecule has 0 aliphatic rings. The predicted octanol–water partition coefficient (Wildman–Crippen LogP) is 3.72. The molecule has 1 heterocycles. The zero-order valence-corrected chi connectivity index (χ0v) is 12.5. The third-order valence-corrected chi connectivity index (χ3v) is 3.48. The summed E-state index contributed by atoms with van der Waals surface area (Å²) in [5.74, 6) is -0.0598. The first-order valence-corrected chi connectivity index (χ1v) is 7.19. The second kappa shape index (κ2) is 6.44. The molecule has 23 heavy (non-hydrogen) atoms. The highest BCUT2D eigenvalue weighted by atomic mass is 19.1. The van der Waals surface area contributed by atoms with Crippen LogP contribution >= 0.6 is 0 Å². The van der Waals surface area contributed by atoms with Crippen LogP contribution < -0.4 is 5.32 Å². The average Bonchev–Trinajstić information content (AvgIpc) is 3.06. The van der Waals surface area contributed by atoms with E-state index in [2.05, 4.69) is 10.5 Å². The molecule has 1 amide bonds. The van der Waals surface area contributed by atoms with Crippen LogP contribution in [0.15, 0.2) is 59.1 Å². The largest absolute Gasteiger partial charge is 0.355 e. The highest BCUT2D eigenvalue weighted by molar-refractivity contribution is 5.93. The van der Waals surface area contributed by atoms with E-state index in [0.29, 0.717) is 17.9 Å². The van der Waals surface area contributed by atoms with Crippen LogP contribution in [0.2, 0.25) is 0 Å². The molecule has 2 aromatic carbocycles. The Hall–Kier alpha value is -2.95. The first-order chi connectivity index (χ1) is 11.1. The molecular weight excluding hydrogens is 295 g/mol. The number of nitrogens with zero attached hydrogens (tertiary/aromatic N) is 1. The summed E-state index contributed by atoms with van der Waals surface area (Å²) < 4.78 is 18.4. The van der Waals surface area contributed by atoms with Crippen molar-refractivity contribution in [1.29, 1.82) is 0 Å².